The molecule has 4 rings (SSSR count). The lowest BCUT2D eigenvalue weighted by molar-refractivity contribution is 0.102. The monoisotopic (exact) mass is 483 g/mol. The first-order chi connectivity index (χ1) is 14.5. The maximum Gasteiger partial charge on any atom is 0.276 e. The van der Waals surface area contributed by atoms with Crippen molar-refractivity contribution in [3.8, 4) is 0 Å². The van der Waals surface area contributed by atoms with Crippen molar-refractivity contribution < 1.29 is 9.59 Å². The lowest BCUT2D eigenvalue weighted by atomic mass is 10.0. The summed E-state index contributed by atoms with van der Waals surface area (Å²) in [7, 11) is 0. The van der Waals surface area contributed by atoms with E-state index in [2.05, 4.69) is 31.4 Å². The SMILES string of the molecule is O=C(Nc1ccc(Cl)cc1C(=O)c1ccccc1)c1ccn(Cn2cc(Br)cn2)n1. The number of hydrogen-bond acceptors (Lipinski definition) is 4. The van der Waals surface area contributed by atoms with Gasteiger partial charge in [-0.2, -0.15) is 10.2 Å². The van der Waals surface area contributed by atoms with Gasteiger partial charge in [-0.1, -0.05) is 41.9 Å². The van der Waals surface area contributed by atoms with Crippen molar-refractivity contribution in [3.05, 3.63) is 99.5 Å². The molecule has 0 aliphatic heterocycles. The van der Waals surface area contributed by atoms with Crippen LogP contribution in [0.4, 0.5) is 5.69 Å². The highest BCUT2D eigenvalue weighted by molar-refractivity contribution is 9.10. The summed E-state index contributed by atoms with van der Waals surface area (Å²) in [5, 5.41) is 11.6. The minimum Gasteiger partial charge on any atom is -0.320 e. The quantitative estimate of drug-likeness (QED) is 0.409. The number of hydrogen-bond donors (Lipinski definition) is 1. The van der Waals surface area contributed by atoms with Crippen LogP contribution >= 0.6 is 27.5 Å². The molecule has 0 saturated carbocycles. The van der Waals surface area contributed by atoms with Gasteiger partial charge in [0, 0.05) is 28.5 Å². The molecule has 0 atom stereocenters. The van der Waals surface area contributed by atoms with E-state index in [-0.39, 0.29) is 11.5 Å². The number of nitrogens with zero attached hydrogens (tertiary/aromatic N) is 4. The minimum absolute atomic E-state index is 0.217. The van der Waals surface area contributed by atoms with E-state index < -0.39 is 5.91 Å². The predicted octanol–water partition coefficient (Wildman–Crippen LogP) is 4.48. The summed E-state index contributed by atoms with van der Waals surface area (Å²) in [6.07, 6.45) is 5.15. The molecule has 2 aromatic heterocycles. The van der Waals surface area contributed by atoms with Gasteiger partial charge in [-0.3, -0.25) is 14.3 Å². The molecule has 2 heterocycles. The molecule has 0 saturated heterocycles. The third-order valence-corrected chi connectivity index (χ3v) is 4.92. The van der Waals surface area contributed by atoms with E-state index in [9.17, 15) is 9.59 Å². The zero-order chi connectivity index (χ0) is 21.1. The molecule has 1 amide bonds. The van der Waals surface area contributed by atoms with Crippen molar-refractivity contribution in [2.75, 3.05) is 5.32 Å². The number of benzene rings is 2. The van der Waals surface area contributed by atoms with Crippen molar-refractivity contribution >= 4 is 44.9 Å². The van der Waals surface area contributed by atoms with Gasteiger partial charge in [0.05, 0.1) is 16.4 Å². The summed E-state index contributed by atoms with van der Waals surface area (Å²) in [4.78, 5) is 25.6. The van der Waals surface area contributed by atoms with E-state index in [1.165, 1.54) is 0 Å². The number of carbonyl (C=O) groups excluding carboxylic acids is 2. The summed E-state index contributed by atoms with van der Waals surface area (Å²) >= 11 is 9.43. The minimum atomic E-state index is -0.431. The zero-order valence-corrected chi connectivity index (χ0v) is 17.8. The Morgan fingerprint density at radius 2 is 1.87 bits per heavy atom. The highest BCUT2D eigenvalue weighted by atomic mass is 79.9. The molecule has 30 heavy (non-hydrogen) atoms. The second kappa shape index (κ2) is 8.64. The van der Waals surface area contributed by atoms with Gasteiger partial charge in [0.25, 0.3) is 5.91 Å². The van der Waals surface area contributed by atoms with Crippen LogP contribution in [-0.2, 0) is 6.67 Å². The molecule has 0 bridgehead atoms. The maximum atomic E-state index is 12.9. The largest absolute Gasteiger partial charge is 0.320 e. The normalized spacial score (nSPS) is 10.7. The van der Waals surface area contributed by atoms with E-state index in [1.807, 2.05) is 6.07 Å². The lowest BCUT2D eigenvalue weighted by Gasteiger charge is -2.10. The zero-order valence-electron chi connectivity index (χ0n) is 15.5. The van der Waals surface area contributed by atoms with Crippen molar-refractivity contribution in [3.63, 3.8) is 0 Å². The fraction of sp³-hybridized carbons (Fsp3) is 0.0476. The number of nitrogens with one attached hydrogen (secondary N) is 1. The predicted molar refractivity (Wildman–Crippen MR) is 117 cm³/mol. The third-order valence-electron chi connectivity index (χ3n) is 4.28. The number of rotatable bonds is 6. The fourth-order valence-electron chi connectivity index (χ4n) is 2.87. The number of anilines is 1. The Hall–Kier alpha value is -3.23. The number of aromatic nitrogens is 4. The van der Waals surface area contributed by atoms with Crippen LogP contribution < -0.4 is 5.32 Å². The highest BCUT2D eigenvalue weighted by Gasteiger charge is 2.18. The molecule has 0 unspecified atom stereocenters. The molecule has 0 fully saturated rings. The van der Waals surface area contributed by atoms with Gasteiger partial charge in [0.15, 0.2) is 11.5 Å². The van der Waals surface area contributed by atoms with Gasteiger partial charge in [0.1, 0.15) is 6.67 Å². The molecule has 0 aliphatic rings. The smallest absolute Gasteiger partial charge is 0.276 e. The maximum absolute atomic E-state index is 12.9. The molecule has 0 aliphatic carbocycles. The summed E-state index contributed by atoms with van der Waals surface area (Å²) in [6.45, 7) is 0.359. The van der Waals surface area contributed by atoms with Crippen LogP contribution in [0, 0.1) is 0 Å². The van der Waals surface area contributed by atoms with Crippen LogP contribution in [0.2, 0.25) is 5.02 Å². The van der Waals surface area contributed by atoms with E-state index in [4.69, 9.17) is 11.6 Å². The summed E-state index contributed by atoms with van der Waals surface area (Å²) < 4.78 is 4.12. The van der Waals surface area contributed by atoms with E-state index in [0.29, 0.717) is 28.5 Å². The fourth-order valence-corrected chi connectivity index (χ4v) is 3.37. The number of carbonyl (C=O) groups is 2. The van der Waals surface area contributed by atoms with Crippen LogP contribution in [0.25, 0.3) is 0 Å². The van der Waals surface area contributed by atoms with Gasteiger partial charge >= 0.3 is 0 Å². The molecule has 4 aromatic rings. The van der Waals surface area contributed by atoms with Gasteiger partial charge in [-0.25, -0.2) is 4.68 Å². The van der Waals surface area contributed by atoms with Gasteiger partial charge in [0.2, 0.25) is 0 Å². The van der Waals surface area contributed by atoms with Gasteiger partial charge in [-0.15, -0.1) is 0 Å². The first kappa shape index (κ1) is 20.1. The van der Waals surface area contributed by atoms with Crippen molar-refractivity contribution in [1.82, 2.24) is 19.6 Å². The average molecular weight is 485 g/mol. The molecule has 0 spiro atoms. The van der Waals surface area contributed by atoms with Crippen LogP contribution in [0.3, 0.4) is 0 Å². The van der Waals surface area contributed by atoms with E-state index in [1.54, 1.807) is 76.5 Å². The van der Waals surface area contributed by atoms with Gasteiger partial charge < -0.3 is 5.32 Å². The molecule has 0 radical (unpaired) electrons. The third kappa shape index (κ3) is 4.50. The number of halogens is 2. The van der Waals surface area contributed by atoms with Gasteiger partial charge in [-0.05, 0) is 40.2 Å². The second-order valence-electron chi connectivity index (χ2n) is 6.42. The number of amides is 1. The molecule has 9 heteroatoms. The standard InChI is InChI=1S/C21H15BrClN5O2/c22-15-11-24-28(12-15)13-27-9-8-19(26-27)21(30)25-18-7-6-16(23)10-17(18)20(29)14-4-2-1-3-5-14/h1-12H,13H2,(H,25,30). The van der Waals surface area contributed by atoms with E-state index in [0.717, 1.165) is 4.47 Å². The molecular weight excluding hydrogens is 470 g/mol. The van der Waals surface area contributed by atoms with Crippen molar-refractivity contribution in [2.45, 2.75) is 6.67 Å². The topological polar surface area (TPSA) is 81.8 Å². The Balaban J connectivity index is 1.54. The van der Waals surface area contributed by atoms with Crippen molar-refractivity contribution in [2.24, 2.45) is 0 Å². The summed E-state index contributed by atoms with van der Waals surface area (Å²) in [5.74, 6) is -0.664. The molecule has 7 nitrogen and oxygen atoms in total. The van der Waals surface area contributed by atoms with Crippen LogP contribution in [-0.4, -0.2) is 31.3 Å². The molecular formula is C21H15BrClN5O2. The molecule has 150 valence electrons. The Morgan fingerprint density at radius 1 is 1.07 bits per heavy atom. The Labute approximate surface area is 185 Å². The molecule has 1 N–H and O–H groups in total. The summed E-state index contributed by atoms with van der Waals surface area (Å²) in [6, 6.07) is 15.2. The second-order valence-corrected chi connectivity index (χ2v) is 7.77. The van der Waals surface area contributed by atoms with E-state index >= 15 is 0 Å². The first-order valence-electron chi connectivity index (χ1n) is 8.91. The first-order valence-corrected chi connectivity index (χ1v) is 10.1. The van der Waals surface area contributed by atoms with Crippen LogP contribution in [0.15, 0.2) is 77.7 Å². The Kier molecular flexibility index (Phi) is 5.78. The molecule has 2 aromatic carbocycles. The Morgan fingerprint density at radius 3 is 2.60 bits per heavy atom. The lowest BCUT2D eigenvalue weighted by Crippen LogP contribution is -2.17. The number of ketones is 1. The van der Waals surface area contributed by atoms with Crippen molar-refractivity contribution in [1.29, 1.82) is 0 Å². The van der Waals surface area contributed by atoms with Crippen LogP contribution in [0.5, 0.6) is 0 Å². The highest BCUT2D eigenvalue weighted by Crippen LogP contribution is 2.24. The average Bonchev–Trinajstić information content (AvgIpc) is 3.38. The Bertz CT molecular complexity index is 1220. The van der Waals surface area contributed by atoms with Crippen LogP contribution in [0.1, 0.15) is 26.4 Å². The summed E-state index contributed by atoms with van der Waals surface area (Å²) in [5.41, 5.74) is 1.39.